The van der Waals surface area contributed by atoms with Crippen LogP contribution in [0.3, 0.4) is 0 Å². The summed E-state index contributed by atoms with van der Waals surface area (Å²) >= 11 is 3.62. The summed E-state index contributed by atoms with van der Waals surface area (Å²) in [7, 11) is 0. The van der Waals surface area contributed by atoms with Crippen LogP contribution in [0.5, 0.6) is 5.75 Å². The lowest BCUT2D eigenvalue weighted by Gasteiger charge is -2.28. The second-order valence-corrected chi connectivity index (χ2v) is 5.90. The van der Waals surface area contributed by atoms with E-state index in [1.807, 2.05) is 18.2 Å². The number of aliphatic hydroxyl groups excluding tert-OH is 1. The van der Waals surface area contributed by atoms with E-state index in [4.69, 9.17) is 4.74 Å². The van der Waals surface area contributed by atoms with Crippen molar-refractivity contribution in [3.8, 4) is 5.75 Å². The summed E-state index contributed by atoms with van der Waals surface area (Å²) in [6.07, 6.45) is 3.58. The SMILES string of the molecule is O[C@H]1CCCC[C@@H]1Oc1ccc2ccccc2c1Br. The van der Waals surface area contributed by atoms with Gasteiger partial charge in [-0.25, -0.2) is 0 Å². The lowest BCUT2D eigenvalue weighted by molar-refractivity contribution is 0.00657. The van der Waals surface area contributed by atoms with Crippen LogP contribution in [-0.4, -0.2) is 17.3 Å². The Bertz CT molecular complexity index is 582. The van der Waals surface area contributed by atoms with E-state index in [1.165, 1.54) is 5.39 Å². The normalized spacial score (nSPS) is 23.5. The Balaban J connectivity index is 1.90. The molecule has 2 aromatic rings. The fourth-order valence-corrected chi connectivity index (χ4v) is 3.27. The van der Waals surface area contributed by atoms with Gasteiger partial charge in [-0.15, -0.1) is 0 Å². The zero-order chi connectivity index (χ0) is 13.2. The van der Waals surface area contributed by atoms with Crippen molar-refractivity contribution in [3.63, 3.8) is 0 Å². The van der Waals surface area contributed by atoms with Crippen molar-refractivity contribution >= 4 is 26.7 Å². The molecule has 0 saturated heterocycles. The van der Waals surface area contributed by atoms with Crippen molar-refractivity contribution in [3.05, 3.63) is 40.9 Å². The van der Waals surface area contributed by atoms with E-state index >= 15 is 0 Å². The summed E-state index contributed by atoms with van der Waals surface area (Å²) in [5, 5.41) is 12.3. The topological polar surface area (TPSA) is 29.5 Å². The van der Waals surface area contributed by atoms with Crippen molar-refractivity contribution in [1.29, 1.82) is 0 Å². The zero-order valence-corrected chi connectivity index (χ0v) is 12.3. The molecule has 3 rings (SSSR count). The molecule has 0 unspecified atom stereocenters. The Kier molecular flexibility index (Phi) is 3.76. The summed E-state index contributed by atoms with van der Waals surface area (Å²) in [6.45, 7) is 0. The van der Waals surface area contributed by atoms with E-state index in [9.17, 15) is 5.11 Å². The van der Waals surface area contributed by atoms with Crippen molar-refractivity contribution in [2.75, 3.05) is 0 Å². The van der Waals surface area contributed by atoms with E-state index in [2.05, 4.69) is 34.1 Å². The van der Waals surface area contributed by atoms with Crippen LogP contribution in [0.15, 0.2) is 40.9 Å². The summed E-state index contributed by atoms with van der Waals surface area (Å²) < 4.78 is 6.98. The first kappa shape index (κ1) is 12.9. The number of hydrogen-bond acceptors (Lipinski definition) is 2. The Morgan fingerprint density at radius 1 is 1.05 bits per heavy atom. The predicted octanol–water partition coefficient (Wildman–Crippen LogP) is 4.28. The highest BCUT2D eigenvalue weighted by atomic mass is 79.9. The summed E-state index contributed by atoms with van der Waals surface area (Å²) in [6, 6.07) is 12.2. The lowest BCUT2D eigenvalue weighted by atomic mass is 9.95. The Morgan fingerprint density at radius 3 is 2.68 bits per heavy atom. The standard InChI is InChI=1S/C16H17BrO2/c17-16-12-6-2-1-5-11(12)9-10-15(16)19-14-8-4-3-7-13(14)18/h1-2,5-6,9-10,13-14,18H,3-4,7-8H2/t13-,14-/m0/s1. The molecule has 1 aliphatic carbocycles. The smallest absolute Gasteiger partial charge is 0.134 e. The minimum absolute atomic E-state index is 0.0776. The maximum atomic E-state index is 9.99. The molecule has 0 heterocycles. The predicted molar refractivity (Wildman–Crippen MR) is 80.5 cm³/mol. The molecular formula is C16H17BrO2. The lowest BCUT2D eigenvalue weighted by Crippen LogP contribution is -2.34. The minimum Gasteiger partial charge on any atom is -0.487 e. The third kappa shape index (κ3) is 2.63. The van der Waals surface area contributed by atoms with Gasteiger partial charge in [-0.1, -0.05) is 36.8 Å². The molecule has 0 amide bonds. The zero-order valence-electron chi connectivity index (χ0n) is 10.7. The van der Waals surface area contributed by atoms with Crippen LogP contribution >= 0.6 is 15.9 Å². The van der Waals surface area contributed by atoms with Gasteiger partial charge in [0, 0.05) is 0 Å². The van der Waals surface area contributed by atoms with E-state index < -0.39 is 0 Å². The van der Waals surface area contributed by atoms with E-state index in [0.717, 1.165) is 41.3 Å². The first-order valence-electron chi connectivity index (χ1n) is 6.77. The number of ether oxygens (including phenoxy) is 1. The Labute approximate surface area is 121 Å². The number of rotatable bonds is 2. The van der Waals surface area contributed by atoms with Gasteiger partial charge in [0.25, 0.3) is 0 Å². The molecule has 100 valence electrons. The van der Waals surface area contributed by atoms with Crippen molar-refractivity contribution < 1.29 is 9.84 Å². The molecule has 1 aliphatic rings. The molecule has 2 atom stereocenters. The molecule has 2 aromatic carbocycles. The van der Waals surface area contributed by atoms with E-state index in [-0.39, 0.29) is 12.2 Å². The molecule has 0 aromatic heterocycles. The Hall–Kier alpha value is -1.06. The molecule has 0 aliphatic heterocycles. The highest BCUT2D eigenvalue weighted by Crippen LogP contribution is 2.35. The maximum absolute atomic E-state index is 9.99. The maximum Gasteiger partial charge on any atom is 0.134 e. The van der Waals surface area contributed by atoms with Gasteiger partial charge in [-0.2, -0.15) is 0 Å². The second kappa shape index (κ2) is 5.51. The van der Waals surface area contributed by atoms with Crippen molar-refractivity contribution in [1.82, 2.24) is 0 Å². The number of halogens is 1. The van der Waals surface area contributed by atoms with Crippen LogP contribution in [0, 0.1) is 0 Å². The molecule has 1 fully saturated rings. The summed E-state index contributed by atoms with van der Waals surface area (Å²) in [5.41, 5.74) is 0. The highest BCUT2D eigenvalue weighted by Gasteiger charge is 2.25. The number of benzene rings is 2. The average Bonchev–Trinajstić information content (AvgIpc) is 2.44. The van der Waals surface area contributed by atoms with Crippen LogP contribution in [0.2, 0.25) is 0 Å². The quantitative estimate of drug-likeness (QED) is 0.894. The molecule has 19 heavy (non-hydrogen) atoms. The number of hydrogen-bond donors (Lipinski definition) is 1. The minimum atomic E-state index is -0.341. The average molecular weight is 321 g/mol. The van der Waals surface area contributed by atoms with Gasteiger partial charge >= 0.3 is 0 Å². The second-order valence-electron chi connectivity index (χ2n) is 5.11. The van der Waals surface area contributed by atoms with Crippen LogP contribution in [-0.2, 0) is 0 Å². The first-order chi connectivity index (χ1) is 9.25. The fourth-order valence-electron chi connectivity index (χ4n) is 2.68. The summed E-state index contributed by atoms with van der Waals surface area (Å²) in [4.78, 5) is 0. The molecule has 1 saturated carbocycles. The van der Waals surface area contributed by atoms with Crippen LogP contribution in [0.25, 0.3) is 10.8 Å². The molecular weight excluding hydrogens is 304 g/mol. The van der Waals surface area contributed by atoms with Gasteiger partial charge in [0.2, 0.25) is 0 Å². The van der Waals surface area contributed by atoms with Gasteiger partial charge < -0.3 is 9.84 Å². The summed E-state index contributed by atoms with van der Waals surface area (Å²) in [5.74, 6) is 0.824. The highest BCUT2D eigenvalue weighted by molar-refractivity contribution is 9.10. The largest absolute Gasteiger partial charge is 0.487 e. The van der Waals surface area contributed by atoms with E-state index in [0.29, 0.717) is 0 Å². The van der Waals surface area contributed by atoms with Crippen LogP contribution < -0.4 is 4.74 Å². The van der Waals surface area contributed by atoms with Gasteiger partial charge in [-0.3, -0.25) is 0 Å². The molecule has 0 spiro atoms. The molecule has 1 N–H and O–H groups in total. The monoisotopic (exact) mass is 320 g/mol. The molecule has 2 nitrogen and oxygen atoms in total. The number of aliphatic hydroxyl groups is 1. The van der Waals surface area contributed by atoms with E-state index in [1.54, 1.807) is 0 Å². The third-order valence-electron chi connectivity index (χ3n) is 3.77. The first-order valence-corrected chi connectivity index (χ1v) is 7.57. The van der Waals surface area contributed by atoms with Gasteiger partial charge in [-0.05, 0) is 52.0 Å². The third-order valence-corrected chi connectivity index (χ3v) is 4.59. The van der Waals surface area contributed by atoms with Gasteiger partial charge in [0.15, 0.2) is 0 Å². The van der Waals surface area contributed by atoms with Gasteiger partial charge in [0.05, 0.1) is 10.6 Å². The van der Waals surface area contributed by atoms with Gasteiger partial charge in [0.1, 0.15) is 11.9 Å². The fraction of sp³-hybridized carbons (Fsp3) is 0.375. The van der Waals surface area contributed by atoms with Crippen LogP contribution in [0.1, 0.15) is 25.7 Å². The molecule has 0 bridgehead atoms. The van der Waals surface area contributed by atoms with Crippen molar-refractivity contribution in [2.24, 2.45) is 0 Å². The van der Waals surface area contributed by atoms with Crippen molar-refractivity contribution in [2.45, 2.75) is 37.9 Å². The molecule has 3 heteroatoms. The molecule has 0 radical (unpaired) electrons. The van der Waals surface area contributed by atoms with Crippen LogP contribution in [0.4, 0.5) is 0 Å². The number of fused-ring (bicyclic) bond motifs is 1. The Morgan fingerprint density at radius 2 is 1.84 bits per heavy atom.